The van der Waals surface area contributed by atoms with Crippen molar-refractivity contribution in [2.75, 3.05) is 26.2 Å². The number of alkyl halides is 3. The summed E-state index contributed by atoms with van der Waals surface area (Å²) >= 11 is 0. The Morgan fingerprint density at radius 1 is 1.06 bits per heavy atom. The Balaban J connectivity index is 1.71. The second kappa shape index (κ2) is 6.24. The zero-order chi connectivity index (χ0) is 13.0. The van der Waals surface area contributed by atoms with E-state index in [9.17, 15) is 13.2 Å². The van der Waals surface area contributed by atoms with Crippen LogP contribution in [0.5, 0.6) is 0 Å². The van der Waals surface area contributed by atoms with Crippen molar-refractivity contribution in [3.05, 3.63) is 0 Å². The molecular formula is C13H23F3N2. The van der Waals surface area contributed by atoms with Crippen LogP contribution in [0.1, 0.15) is 38.5 Å². The zero-order valence-electron chi connectivity index (χ0n) is 10.8. The molecule has 1 aliphatic heterocycles. The summed E-state index contributed by atoms with van der Waals surface area (Å²) in [5.41, 5.74) is 0. The molecule has 0 spiro atoms. The third kappa shape index (κ3) is 4.12. The molecule has 106 valence electrons. The highest BCUT2D eigenvalue weighted by molar-refractivity contribution is 4.87. The topological polar surface area (TPSA) is 15.3 Å². The number of hydrogen-bond acceptors (Lipinski definition) is 2. The minimum Gasteiger partial charge on any atom is -0.307 e. The molecule has 0 aromatic rings. The predicted octanol–water partition coefficient (Wildman–Crippen LogP) is 2.79. The highest BCUT2D eigenvalue weighted by Crippen LogP contribution is 2.34. The number of piperidine rings is 1. The van der Waals surface area contributed by atoms with Crippen molar-refractivity contribution in [3.63, 3.8) is 0 Å². The fraction of sp³-hybridized carbons (Fsp3) is 1.00. The normalized spacial score (nSPS) is 30.2. The summed E-state index contributed by atoms with van der Waals surface area (Å²) in [6, 6.07) is 0.639. The molecule has 2 rings (SSSR count). The summed E-state index contributed by atoms with van der Waals surface area (Å²) in [7, 11) is 0. The lowest BCUT2D eigenvalue weighted by Gasteiger charge is -2.44. The van der Waals surface area contributed by atoms with Crippen molar-refractivity contribution in [2.24, 2.45) is 5.92 Å². The van der Waals surface area contributed by atoms with E-state index in [1.165, 1.54) is 38.5 Å². The van der Waals surface area contributed by atoms with Gasteiger partial charge in [-0.05, 0) is 38.1 Å². The maximum Gasteiger partial charge on any atom is 0.401 e. The summed E-state index contributed by atoms with van der Waals surface area (Å²) in [4.78, 5) is 2.41. The Labute approximate surface area is 107 Å². The number of fused-ring (bicyclic) bond motifs is 1. The van der Waals surface area contributed by atoms with Crippen molar-refractivity contribution in [1.29, 1.82) is 0 Å². The SMILES string of the molecule is FC(F)(F)CNCCN1CCCC2CCCCC21. The zero-order valence-corrected chi connectivity index (χ0v) is 10.8. The molecule has 1 N–H and O–H groups in total. The Bertz CT molecular complexity index is 253. The van der Waals surface area contributed by atoms with Crippen LogP contribution in [0.3, 0.4) is 0 Å². The van der Waals surface area contributed by atoms with Gasteiger partial charge in [-0.3, -0.25) is 4.90 Å². The Morgan fingerprint density at radius 2 is 1.78 bits per heavy atom. The maximum atomic E-state index is 12.0. The minimum absolute atomic E-state index is 0.447. The molecule has 1 saturated carbocycles. The summed E-state index contributed by atoms with van der Waals surface area (Å²) < 4.78 is 36.0. The van der Waals surface area contributed by atoms with E-state index < -0.39 is 12.7 Å². The summed E-state index contributed by atoms with van der Waals surface area (Å²) in [5, 5.41) is 2.50. The molecule has 2 aliphatic rings. The Hall–Kier alpha value is -0.290. The lowest BCUT2D eigenvalue weighted by Crippen LogP contribution is -2.49. The number of likely N-dealkylation sites (tertiary alicyclic amines) is 1. The molecule has 1 heterocycles. The molecule has 0 amide bonds. The number of hydrogen-bond donors (Lipinski definition) is 1. The van der Waals surface area contributed by atoms with E-state index in [0.717, 1.165) is 19.0 Å². The molecule has 1 saturated heterocycles. The molecule has 1 aliphatic carbocycles. The summed E-state index contributed by atoms with van der Waals surface area (Å²) in [6.45, 7) is 1.41. The monoisotopic (exact) mass is 264 g/mol. The predicted molar refractivity (Wildman–Crippen MR) is 65.5 cm³/mol. The van der Waals surface area contributed by atoms with E-state index in [2.05, 4.69) is 10.2 Å². The molecule has 2 atom stereocenters. The third-order valence-electron chi connectivity index (χ3n) is 4.26. The van der Waals surface area contributed by atoms with Gasteiger partial charge in [0.1, 0.15) is 0 Å². The van der Waals surface area contributed by atoms with Gasteiger partial charge in [0.2, 0.25) is 0 Å². The van der Waals surface area contributed by atoms with Crippen molar-refractivity contribution in [2.45, 2.75) is 50.7 Å². The highest BCUT2D eigenvalue weighted by Gasteiger charge is 2.33. The van der Waals surface area contributed by atoms with Crippen LogP contribution in [0.15, 0.2) is 0 Å². The van der Waals surface area contributed by atoms with E-state index in [4.69, 9.17) is 0 Å². The van der Waals surface area contributed by atoms with E-state index in [1.807, 2.05) is 0 Å². The number of rotatable bonds is 4. The van der Waals surface area contributed by atoms with Gasteiger partial charge in [0.15, 0.2) is 0 Å². The average molecular weight is 264 g/mol. The van der Waals surface area contributed by atoms with E-state index in [0.29, 0.717) is 12.6 Å². The molecular weight excluding hydrogens is 241 g/mol. The van der Waals surface area contributed by atoms with Crippen molar-refractivity contribution < 1.29 is 13.2 Å². The van der Waals surface area contributed by atoms with Crippen LogP contribution in [-0.2, 0) is 0 Å². The second-order valence-electron chi connectivity index (χ2n) is 5.58. The first kappa shape index (κ1) is 14.1. The summed E-state index contributed by atoms with van der Waals surface area (Å²) in [5.74, 6) is 0.801. The fourth-order valence-corrected chi connectivity index (χ4v) is 3.46. The number of nitrogens with zero attached hydrogens (tertiary/aromatic N) is 1. The van der Waals surface area contributed by atoms with Crippen LogP contribution in [-0.4, -0.2) is 43.3 Å². The standard InChI is InChI=1S/C13H23F3N2/c14-13(15,16)10-17-7-9-18-8-3-5-11-4-1-2-6-12(11)18/h11-12,17H,1-10H2. The van der Waals surface area contributed by atoms with Gasteiger partial charge in [-0.15, -0.1) is 0 Å². The molecule has 2 unspecified atom stereocenters. The Kier molecular flexibility index (Phi) is 4.90. The molecule has 0 radical (unpaired) electrons. The van der Waals surface area contributed by atoms with Crippen LogP contribution in [0.4, 0.5) is 13.2 Å². The molecule has 2 fully saturated rings. The Morgan fingerprint density at radius 3 is 2.56 bits per heavy atom. The first-order chi connectivity index (χ1) is 8.56. The quantitative estimate of drug-likeness (QED) is 0.785. The van der Waals surface area contributed by atoms with Crippen LogP contribution >= 0.6 is 0 Å². The van der Waals surface area contributed by atoms with E-state index >= 15 is 0 Å². The van der Waals surface area contributed by atoms with Gasteiger partial charge in [0.05, 0.1) is 6.54 Å². The third-order valence-corrected chi connectivity index (χ3v) is 4.26. The van der Waals surface area contributed by atoms with E-state index in [-0.39, 0.29) is 0 Å². The lowest BCUT2D eigenvalue weighted by atomic mass is 9.78. The van der Waals surface area contributed by atoms with Crippen LogP contribution in [0.25, 0.3) is 0 Å². The molecule has 0 bridgehead atoms. The molecule has 2 nitrogen and oxygen atoms in total. The van der Waals surface area contributed by atoms with Gasteiger partial charge < -0.3 is 5.32 Å². The summed E-state index contributed by atoms with van der Waals surface area (Å²) in [6.07, 6.45) is 3.61. The molecule has 0 aromatic carbocycles. The van der Waals surface area contributed by atoms with Crippen molar-refractivity contribution in [1.82, 2.24) is 10.2 Å². The molecule has 0 aromatic heterocycles. The van der Waals surface area contributed by atoms with Gasteiger partial charge in [0, 0.05) is 19.1 Å². The first-order valence-corrected chi connectivity index (χ1v) is 7.08. The van der Waals surface area contributed by atoms with E-state index in [1.54, 1.807) is 0 Å². The highest BCUT2D eigenvalue weighted by atomic mass is 19.4. The van der Waals surface area contributed by atoms with Gasteiger partial charge >= 0.3 is 6.18 Å². The lowest BCUT2D eigenvalue weighted by molar-refractivity contribution is -0.124. The maximum absolute atomic E-state index is 12.0. The largest absolute Gasteiger partial charge is 0.401 e. The van der Waals surface area contributed by atoms with Gasteiger partial charge in [-0.2, -0.15) is 13.2 Å². The average Bonchev–Trinajstić information content (AvgIpc) is 2.33. The number of halogens is 3. The van der Waals surface area contributed by atoms with Crippen LogP contribution in [0, 0.1) is 5.92 Å². The van der Waals surface area contributed by atoms with Crippen molar-refractivity contribution >= 4 is 0 Å². The van der Waals surface area contributed by atoms with Crippen molar-refractivity contribution in [3.8, 4) is 0 Å². The van der Waals surface area contributed by atoms with Crippen LogP contribution in [0.2, 0.25) is 0 Å². The van der Waals surface area contributed by atoms with Crippen LogP contribution < -0.4 is 5.32 Å². The number of nitrogens with one attached hydrogen (secondary N) is 1. The van der Waals surface area contributed by atoms with Gasteiger partial charge in [0.25, 0.3) is 0 Å². The smallest absolute Gasteiger partial charge is 0.307 e. The second-order valence-corrected chi connectivity index (χ2v) is 5.58. The van der Waals surface area contributed by atoms with Gasteiger partial charge in [-0.25, -0.2) is 0 Å². The van der Waals surface area contributed by atoms with Gasteiger partial charge in [-0.1, -0.05) is 12.8 Å². The molecule has 5 heteroatoms. The first-order valence-electron chi connectivity index (χ1n) is 7.08. The fourth-order valence-electron chi connectivity index (χ4n) is 3.46. The minimum atomic E-state index is -4.09. The molecule has 18 heavy (non-hydrogen) atoms.